The normalized spacial score (nSPS) is 18.3. The maximum Gasteiger partial charge on any atom is 0.257 e. The second kappa shape index (κ2) is 7.53. The number of hydrogen-bond acceptors (Lipinski definition) is 4. The number of nitrogens with zero attached hydrogens (tertiary/aromatic N) is 2. The molecule has 0 spiro atoms. The maximum absolute atomic E-state index is 12.8. The average molecular weight is 341 g/mol. The van der Waals surface area contributed by atoms with Gasteiger partial charge in [-0.2, -0.15) is 0 Å². The Labute approximate surface area is 147 Å². The molecule has 3 rings (SSSR count). The third-order valence-electron chi connectivity index (χ3n) is 4.59. The summed E-state index contributed by atoms with van der Waals surface area (Å²) in [6.07, 6.45) is 1.37. The van der Waals surface area contributed by atoms with E-state index in [1.54, 1.807) is 6.07 Å². The van der Waals surface area contributed by atoms with Crippen LogP contribution in [-0.4, -0.2) is 47.3 Å². The van der Waals surface area contributed by atoms with Gasteiger partial charge in [-0.25, -0.2) is 0 Å². The van der Waals surface area contributed by atoms with Gasteiger partial charge in [0.1, 0.15) is 5.76 Å². The van der Waals surface area contributed by atoms with E-state index < -0.39 is 5.91 Å². The number of nitrogens with two attached hydrogens (primary N) is 1. The minimum atomic E-state index is -0.509. The van der Waals surface area contributed by atoms with Gasteiger partial charge in [0.05, 0.1) is 18.2 Å². The monoisotopic (exact) mass is 341 g/mol. The lowest BCUT2D eigenvalue weighted by molar-refractivity contribution is -0.117. The van der Waals surface area contributed by atoms with E-state index in [4.69, 9.17) is 10.2 Å². The van der Waals surface area contributed by atoms with Gasteiger partial charge in [-0.15, -0.1) is 0 Å². The largest absolute Gasteiger partial charge is 0.468 e. The second-order valence-corrected chi connectivity index (χ2v) is 6.46. The first-order chi connectivity index (χ1) is 12.0. The van der Waals surface area contributed by atoms with E-state index in [0.717, 1.165) is 13.1 Å². The highest BCUT2D eigenvalue weighted by Gasteiger charge is 2.29. The lowest BCUT2D eigenvalue weighted by atomic mass is 10.1. The number of rotatable bonds is 5. The molecule has 1 saturated heterocycles. The summed E-state index contributed by atoms with van der Waals surface area (Å²) in [5.74, 6) is -0.266. The maximum atomic E-state index is 12.8. The number of amides is 2. The summed E-state index contributed by atoms with van der Waals surface area (Å²) in [5.41, 5.74) is 6.92. The summed E-state index contributed by atoms with van der Waals surface area (Å²) in [6.45, 7) is 5.11. The van der Waals surface area contributed by atoms with Crippen molar-refractivity contribution in [3.05, 3.63) is 59.5 Å². The van der Waals surface area contributed by atoms with E-state index in [-0.39, 0.29) is 18.4 Å². The minimum absolute atomic E-state index is 0.0579. The van der Waals surface area contributed by atoms with Crippen LogP contribution in [0.5, 0.6) is 0 Å². The molecule has 1 aliphatic rings. The molecule has 25 heavy (non-hydrogen) atoms. The highest BCUT2D eigenvalue weighted by Crippen LogP contribution is 2.19. The molecule has 2 heterocycles. The Balaban J connectivity index is 1.63. The molecule has 2 N–H and O–H groups in total. The summed E-state index contributed by atoms with van der Waals surface area (Å²) in [6, 6.07) is 12.2. The van der Waals surface area contributed by atoms with Crippen molar-refractivity contribution in [2.45, 2.75) is 25.9 Å². The van der Waals surface area contributed by atoms with Gasteiger partial charge in [0.15, 0.2) is 0 Å². The molecule has 1 aromatic heterocycles. The van der Waals surface area contributed by atoms with Crippen molar-refractivity contribution in [2.24, 2.45) is 5.73 Å². The van der Waals surface area contributed by atoms with Crippen LogP contribution in [0, 0.1) is 0 Å². The van der Waals surface area contributed by atoms with Crippen LogP contribution < -0.4 is 5.73 Å². The third kappa shape index (κ3) is 4.09. The van der Waals surface area contributed by atoms with Crippen LogP contribution in [-0.2, 0) is 17.8 Å². The van der Waals surface area contributed by atoms with Crippen LogP contribution in [0.3, 0.4) is 0 Å². The predicted octanol–water partition coefficient (Wildman–Crippen LogP) is 1.65. The predicted molar refractivity (Wildman–Crippen MR) is 93.8 cm³/mol. The quantitative estimate of drug-likeness (QED) is 0.897. The number of carbonyl (C=O) groups is 2. The fraction of sp³-hybridized carbons (Fsp3) is 0.368. The number of furan rings is 1. The number of benzene rings is 1. The van der Waals surface area contributed by atoms with Gasteiger partial charge in [-0.05, 0) is 18.6 Å². The molecular formula is C19H23N3O3. The summed E-state index contributed by atoms with van der Waals surface area (Å²) in [7, 11) is 0. The number of hydrogen-bond donors (Lipinski definition) is 1. The van der Waals surface area contributed by atoms with Crippen molar-refractivity contribution >= 4 is 11.8 Å². The van der Waals surface area contributed by atoms with Gasteiger partial charge in [-0.1, -0.05) is 30.3 Å². The zero-order valence-corrected chi connectivity index (χ0v) is 14.4. The Morgan fingerprint density at radius 1 is 1.20 bits per heavy atom. The zero-order chi connectivity index (χ0) is 17.8. The van der Waals surface area contributed by atoms with Gasteiger partial charge in [-0.3, -0.25) is 14.5 Å². The van der Waals surface area contributed by atoms with E-state index in [1.165, 1.54) is 11.8 Å². The molecule has 1 fully saturated rings. The second-order valence-electron chi connectivity index (χ2n) is 6.46. The Morgan fingerprint density at radius 2 is 1.96 bits per heavy atom. The highest BCUT2D eigenvalue weighted by atomic mass is 16.3. The fourth-order valence-electron chi connectivity index (χ4n) is 3.23. The first kappa shape index (κ1) is 17.2. The molecule has 1 unspecified atom stereocenters. The van der Waals surface area contributed by atoms with Crippen LogP contribution >= 0.6 is 0 Å². The van der Waals surface area contributed by atoms with Gasteiger partial charge < -0.3 is 15.1 Å². The topological polar surface area (TPSA) is 79.8 Å². The van der Waals surface area contributed by atoms with E-state index in [0.29, 0.717) is 24.4 Å². The molecule has 0 aliphatic carbocycles. The van der Waals surface area contributed by atoms with Crippen LogP contribution in [0.25, 0.3) is 0 Å². The summed E-state index contributed by atoms with van der Waals surface area (Å²) < 4.78 is 5.26. The van der Waals surface area contributed by atoms with E-state index in [2.05, 4.69) is 24.0 Å². The number of primary amides is 1. The standard InChI is InChI=1S/C19H23N3O3/c1-14-12-22(9-8-21(14)13-15-5-3-2-4-6-15)19(24)16-7-10-25-17(16)11-18(20)23/h2-7,10,14H,8-9,11-13H2,1H3,(H2,20,23). The molecule has 0 saturated carbocycles. The number of piperazine rings is 1. The van der Waals surface area contributed by atoms with Crippen molar-refractivity contribution in [3.63, 3.8) is 0 Å². The van der Waals surface area contributed by atoms with E-state index in [9.17, 15) is 9.59 Å². The van der Waals surface area contributed by atoms with Crippen LogP contribution in [0.2, 0.25) is 0 Å². The average Bonchev–Trinajstić information content (AvgIpc) is 3.04. The summed E-state index contributed by atoms with van der Waals surface area (Å²) in [5, 5.41) is 0. The van der Waals surface area contributed by atoms with Crippen LogP contribution in [0.1, 0.15) is 28.6 Å². The van der Waals surface area contributed by atoms with Gasteiger partial charge in [0, 0.05) is 32.2 Å². The Bertz CT molecular complexity index is 741. The molecule has 1 aromatic carbocycles. The zero-order valence-electron chi connectivity index (χ0n) is 14.4. The molecule has 6 heteroatoms. The lowest BCUT2D eigenvalue weighted by Gasteiger charge is -2.40. The smallest absolute Gasteiger partial charge is 0.257 e. The fourth-order valence-corrected chi connectivity index (χ4v) is 3.23. The van der Waals surface area contributed by atoms with Crippen molar-refractivity contribution in [2.75, 3.05) is 19.6 Å². The van der Waals surface area contributed by atoms with E-state index in [1.807, 2.05) is 23.1 Å². The molecule has 6 nitrogen and oxygen atoms in total. The third-order valence-corrected chi connectivity index (χ3v) is 4.59. The van der Waals surface area contributed by atoms with Crippen molar-refractivity contribution < 1.29 is 14.0 Å². The number of carbonyl (C=O) groups excluding carboxylic acids is 2. The van der Waals surface area contributed by atoms with Crippen molar-refractivity contribution in [1.29, 1.82) is 0 Å². The van der Waals surface area contributed by atoms with E-state index >= 15 is 0 Å². The van der Waals surface area contributed by atoms with Crippen LogP contribution in [0.4, 0.5) is 0 Å². The Morgan fingerprint density at radius 3 is 2.64 bits per heavy atom. The summed E-state index contributed by atoms with van der Waals surface area (Å²) >= 11 is 0. The molecule has 132 valence electrons. The summed E-state index contributed by atoms with van der Waals surface area (Å²) in [4.78, 5) is 28.1. The first-order valence-electron chi connectivity index (χ1n) is 8.46. The van der Waals surface area contributed by atoms with Gasteiger partial charge in [0.2, 0.25) is 5.91 Å². The molecule has 0 bridgehead atoms. The van der Waals surface area contributed by atoms with Crippen LogP contribution in [0.15, 0.2) is 47.1 Å². The molecule has 1 aliphatic heterocycles. The van der Waals surface area contributed by atoms with Crippen molar-refractivity contribution in [3.8, 4) is 0 Å². The highest BCUT2D eigenvalue weighted by molar-refractivity contribution is 5.96. The molecule has 2 aromatic rings. The lowest BCUT2D eigenvalue weighted by Crippen LogP contribution is -2.53. The minimum Gasteiger partial charge on any atom is -0.468 e. The molecular weight excluding hydrogens is 318 g/mol. The molecule has 1 atom stereocenters. The molecule has 0 radical (unpaired) electrons. The Kier molecular flexibility index (Phi) is 5.19. The molecule has 2 amide bonds. The first-order valence-corrected chi connectivity index (χ1v) is 8.46. The Hall–Kier alpha value is -2.60. The SMILES string of the molecule is CC1CN(C(=O)c2ccoc2CC(N)=O)CCN1Cc1ccccc1. The van der Waals surface area contributed by atoms with Gasteiger partial charge >= 0.3 is 0 Å². The van der Waals surface area contributed by atoms with Gasteiger partial charge in [0.25, 0.3) is 5.91 Å². The van der Waals surface area contributed by atoms with Crippen molar-refractivity contribution in [1.82, 2.24) is 9.80 Å².